The molecule has 3 unspecified atom stereocenters. The number of nitrogens with one attached hydrogen (secondary N) is 1. The van der Waals surface area contributed by atoms with Crippen molar-refractivity contribution in [1.82, 2.24) is 15.2 Å². The second kappa shape index (κ2) is 4.38. The maximum absolute atomic E-state index is 12.4. The van der Waals surface area contributed by atoms with Gasteiger partial charge in [0.25, 0.3) is 5.91 Å². The van der Waals surface area contributed by atoms with E-state index in [1.807, 2.05) is 0 Å². The maximum atomic E-state index is 12.4. The van der Waals surface area contributed by atoms with Gasteiger partial charge in [-0.1, -0.05) is 6.92 Å². The van der Waals surface area contributed by atoms with Gasteiger partial charge >= 0.3 is 0 Å². The molecular formula is C12H17N3OS. The molecule has 4 nitrogen and oxygen atoms in total. The zero-order valence-electron chi connectivity index (χ0n) is 9.93. The summed E-state index contributed by atoms with van der Waals surface area (Å²) >= 11 is 1.44. The number of likely N-dealkylation sites (tertiary alicyclic amines) is 1. The van der Waals surface area contributed by atoms with E-state index in [1.54, 1.807) is 11.7 Å². The van der Waals surface area contributed by atoms with Crippen molar-refractivity contribution in [2.24, 2.45) is 11.8 Å². The van der Waals surface area contributed by atoms with Crippen LogP contribution in [0.3, 0.4) is 0 Å². The summed E-state index contributed by atoms with van der Waals surface area (Å²) in [5, 5.41) is 3.44. The summed E-state index contributed by atoms with van der Waals surface area (Å²) in [5.74, 6) is 1.47. The van der Waals surface area contributed by atoms with Crippen LogP contribution in [0, 0.1) is 11.8 Å². The molecule has 3 atom stereocenters. The van der Waals surface area contributed by atoms with Crippen LogP contribution in [0.25, 0.3) is 0 Å². The first-order valence-corrected chi connectivity index (χ1v) is 7.09. The molecule has 0 radical (unpaired) electrons. The molecule has 2 fully saturated rings. The van der Waals surface area contributed by atoms with Crippen molar-refractivity contribution in [3.63, 3.8) is 0 Å². The first-order valence-electron chi connectivity index (χ1n) is 6.21. The zero-order valence-corrected chi connectivity index (χ0v) is 10.7. The molecule has 0 bridgehead atoms. The molecule has 3 rings (SSSR count). The smallest absolute Gasteiger partial charge is 0.265 e. The standard InChI is InChI=1S/C12H17N3OS/c1-2-10-9-4-13-3-8(9)6-15(10)12(16)11-5-14-7-17-11/h5,7-10,13H,2-4,6H2,1H3. The van der Waals surface area contributed by atoms with Crippen LogP contribution in [-0.4, -0.2) is 41.5 Å². The molecule has 0 saturated carbocycles. The second-order valence-corrected chi connectivity index (χ2v) is 5.77. The molecule has 1 aromatic rings. The molecular weight excluding hydrogens is 234 g/mol. The van der Waals surface area contributed by atoms with Gasteiger partial charge in [-0.2, -0.15) is 0 Å². The normalized spacial score (nSPS) is 31.8. The highest BCUT2D eigenvalue weighted by Crippen LogP contribution is 2.35. The molecule has 3 heterocycles. The van der Waals surface area contributed by atoms with E-state index < -0.39 is 0 Å². The van der Waals surface area contributed by atoms with Gasteiger partial charge in [-0.05, 0) is 18.3 Å². The fourth-order valence-corrected chi connectivity index (χ4v) is 3.82. The number of fused-ring (bicyclic) bond motifs is 1. The number of rotatable bonds is 2. The van der Waals surface area contributed by atoms with Crippen molar-refractivity contribution in [1.29, 1.82) is 0 Å². The number of hydrogen-bond donors (Lipinski definition) is 1. The molecule has 2 saturated heterocycles. The van der Waals surface area contributed by atoms with E-state index in [0.29, 0.717) is 17.9 Å². The van der Waals surface area contributed by atoms with Crippen LogP contribution < -0.4 is 5.32 Å². The van der Waals surface area contributed by atoms with Gasteiger partial charge in [-0.15, -0.1) is 11.3 Å². The van der Waals surface area contributed by atoms with Gasteiger partial charge in [0.1, 0.15) is 4.88 Å². The van der Waals surface area contributed by atoms with Gasteiger partial charge in [-0.25, -0.2) is 0 Å². The van der Waals surface area contributed by atoms with Crippen LogP contribution in [0.2, 0.25) is 0 Å². The van der Waals surface area contributed by atoms with E-state index in [-0.39, 0.29) is 5.91 Å². The largest absolute Gasteiger partial charge is 0.334 e. The highest BCUT2D eigenvalue weighted by molar-refractivity contribution is 7.11. The predicted octanol–water partition coefficient (Wildman–Crippen LogP) is 1.21. The van der Waals surface area contributed by atoms with Gasteiger partial charge in [-0.3, -0.25) is 9.78 Å². The van der Waals surface area contributed by atoms with E-state index in [0.717, 1.165) is 30.9 Å². The van der Waals surface area contributed by atoms with Gasteiger partial charge in [0.2, 0.25) is 0 Å². The Morgan fingerprint density at radius 3 is 3.24 bits per heavy atom. The molecule has 1 aromatic heterocycles. The highest BCUT2D eigenvalue weighted by atomic mass is 32.1. The van der Waals surface area contributed by atoms with Gasteiger partial charge in [0, 0.05) is 25.7 Å². The van der Waals surface area contributed by atoms with Crippen molar-refractivity contribution in [2.75, 3.05) is 19.6 Å². The van der Waals surface area contributed by atoms with E-state index in [4.69, 9.17) is 0 Å². The van der Waals surface area contributed by atoms with Crippen molar-refractivity contribution >= 4 is 17.2 Å². The summed E-state index contributed by atoms with van der Waals surface area (Å²) in [5.41, 5.74) is 1.73. The third-order valence-corrected chi connectivity index (χ3v) is 4.80. The average molecular weight is 251 g/mol. The number of amides is 1. The van der Waals surface area contributed by atoms with Crippen LogP contribution in [0.15, 0.2) is 11.7 Å². The number of carbonyl (C=O) groups is 1. The molecule has 2 aliphatic rings. The SMILES string of the molecule is CCC1C2CNCC2CN1C(=O)c1cncs1. The lowest BCUT2D eigenvalue weighted by Crippen LogP contribution is -2.39. The first-order chi connectivity index (χ1) is 8.31. The van der Waals surface area contributed by atoms with Crippen LogP contribution in [0.5, 0.6) is 0 Å². The van der Waals surface area contributed by atoms with E-state index >= 15 is 0 Å². The minimum Gasteiger partial charge on any atom is -0.334 e. The van der Waals surface area contributed by atoms with E-state index in [1.165, 1.54) is 11.3 Å². The fraction of sp³-hybridized carbons (Fsp3) is 0.667. The molecule has 1 amide bonds. The van der Waals surface area contributed by atoms with Crippen molar-refractivity contribution < 1.29 is 4.79 Å². The molecule has 17 heavy (non-hydrogen) atoms. The van der Waals surface area contributed by atoms with Crippen molar-refractivity contribution in [3.05, 3.63) is 16.6 Å². The topological polar surface area (TPSA) is 45.2 Å². The average Bonchev–Trinajstić information content (AvgIpc) is 3.03. The lowest BCUT2D eigenvalue weighted by atomic mass is 9.93. The second-order valence-electron chi connectivity index (χ2n) is 4.88. The van der Waals surface area contributed by atoms with Crippen LogP contribution in [0.4, 0.5) is 0 Å². The maximum Gasteiger partial charge on any atom is 0.265 e. The number of hydrogen-bond acceptors (Lipinski definition) is 4. The third kappa shape index (κ3) is 1.77. The summed E-state index contributed by atoms with van der Waals surface area (Å²) < 4.78 is 0. The molecule has 1 N–H and O–H groups in total. The van der Waals surface area contributed by atoms with Crippen LogP contribution in [-0.2, 0) is 0 Å². The van der Waals surface area contributed by atoms with Crippen molar-refractivity contribution in [3.8, 4) is 0 Å². The summed E-state index contributed by atoms with van der Waals surface area (Å²) in [6, 6.07) is 0.407. The monoisotopic (exact) mass is 251 g/mol. The van der Waals surface area contributed by atoms with E-state index in [2.05, 4.69) is 22.1 Å². The Bertz CT molecular complexity index is 406. The number of nitrogens with zero attached hydrogens (tertiary/aromatic N) is 2. The Hall–Kier alpha value is -0.940. The minimum atomic E-state index is 0.175. The Morgan fingerprint density at radius 1 is 1.65 bits per heavy atom. The van der Waals surface area contributed by atoms with Crippen LogP contribution >= 0.6 is 11.3 Å². The number of aromatic nitrogens is 1. The fourth-order valence-electron chi connectivity index (χ4n) is 3.24. The minimum absolute atomic E-state index is 0.175. The molecule has 0 aliphatic carbocycles. The van der Waals surface area contributed by atoms with Crippen molar-refractivity contribution in [2.45, 2.75) is 19.4 Å². The molecule has 0 aromatic carbocycles. The zero-order chi connectivity index (χ0) is 11.8. The highest BCUT2D eigenvalue weighted by Gasteiger charge is 2.45. The number of carbonyl (C=O) groups excluding carboxylic acids is 1. The Labute approximate surface area is 105 Å². The van der Waals surface area contributed by atoms with Crippen LogP contribution in [0.1, 0.15) is 23.0 Å². The lowest BCUT2D eigenvalue weighted by Gasteiger charge is -2.26. The Morgan fingerprint density at radius 2 is 2.53 bits per heavy atom. The lowest BCUT2D eigenvalue weighted by molar-refractivity contribution is 0.0716. The molecule has 5 heteroatoms. The first kappa shape index (κ1) is 11.2. The Kier molecular flexibility index (Phi) is 2.88. The summed E-state index contributed by atoms with van der Waals surface area (Å²) in [4.78, 5) is 19.2. The quantitative estimate of drug-likeness (QED) is 0.859. The predicted molar refractivity (Wildman–Crippen MR) is 67.1 cm³/mol. The molecule has 92 valence electrons. The molecule has 0 spiro atoms. The van der Waals surface area contributed by atoms with E-state index in [9.17, 15) is 4.79 Å². The Balaban J connectivity index is 1.81. The van der Waals surface area contributed by atoms with Gasteiger partial charge < -0.3 is 10.2 Å². The molecule has 2 aliphatic heterocycles. The summed E-state index contributed by atoms with van der Waals surface area (Å²) in [6.45, 7) is 5.22. The van der Waals surface area contributed by atoms with Gasteiger partial charge in [0.05, 0.1) is 11.7 Å². The number of thiazole rings is 1. The summed E-state index contributed by atoms with van der Waals surface area (Å²) in [6.07, 6.45) is 2.74. The summed E-state index contributed by atoms with van der Waals surface area (Å²) in [7, 11) is 0. The third-order valence-electron chi connectivity index (χ3n) is 4.04. The van der Waals surface area contributed by atoms with Gasteiger partial charge in [0.15, 0.2) is 0 Å².